The Morgan fingerprint density at radius 3 is 2.48 bits per heavy atom. The minimum Gasteiger partial charge on any atom is -0.480 e. The maximum absolute atomic E-state index is 14.6. The number of carbonyl (C=O) groups is 1. The highest BCUT2D eigenvalue weighted by Crippen LogP contribution is 2.44. The summed E-state index contributed by atoms with van der Waals surface area (Å²) in [5.41, 5.74) is 0.507. The molecule has 10 heteroatoms. The lowest BCUT2D eigenvalue weighted by Crippen LogP contribution is -2.25. The second-order valence-corrected chi connectivity index (χ2v) is 7.79. The molecule has 1 saturated carbocycles. The molecule has 0 spiro atoms. The molecule has 1 aromatic carbocycles. The number of rotatable bonds is 5. The molecule has 0 aliphatic heterocycles. The van der Waals surface area contributed by atoms with E-state index < -0.39 is 29.4 Å². The van der Waals surface area contributed by atoms with Gasteiger partial charge in [0, 0.05) is 42.1 Å². The van der Waals surface area contributed by atoms with E-state index in [0.717, 1.165) is 18.2 Å². The standard InChI is InChI=1S/C23H20F4N4O2/c1-33-19-5-4-18(30-31-19)22(32)29-21-15(16-12-14(24)2-3-17(16)25)8-11-28-20(21)13-6-9-23(26,27)10-7-13/h2-5,8,11-13H,6-7,9-10H2,1H3,(H,29,32). The summed E-state index contributed by atoms with van der Waals surface area (Å²) in [5.74, 6) is -4.98. The first-order valence-corrected chi connectivity index (χ1v) is 10.3. The predicted molar refractivity (Wildman–Crippen MR) is 112 cm³/mol. The SMILES string of the molecule is COc1ccc(C(=O)Nc2c(-c3cc(F)ccc3F)ccnc2C2CCC(F)(F)CC2)nn1. The van der Waals surface area contributed by atoms with Crippen molar-refractivity contribution in [3.05, 3.63) is 65.6 Å². The third-order valence-electron chi connectivity index (χ3n) is 5.62. The van der Waals surface area contributed by atoms with E-state index in [-0.39, 0.29) is 54.1 Å². The normalized spacial score (nSPS) is 15.8. The van der Waals surface area contributed by atoms with Crippen molar-refractivity contribution in [3.63, 3.8) is 0 Å². The van der Waals surface area contributed by atoms with Gasteiger partial charge < -0.3 is 10.1 Å². The summed E-state index contributed by atoms with van der Waals surface area (Å²) in [5, 5.41) is 10.2. The van der Waals surface area contributed by atoms with E-state index in [1.807, 2.05) is 0 Å². The lowest BCUT2D eigenvalue weighted by Gasteiger charge is -2.29. The fourth-order valence-corrected chi connectivity index (χ4v) is 3.89. The summed E-state index contributed by atoms with van der Waals surface area (Å²) in [7, 11) is 1.40. The first-order valence-electron chi connectivity index (χ1n) is 10.3. The van der Waals surface area contributed by atoms with Crippen molar-refractivity contribution in [2.75, 3.05) is 12.4 Å². The molecule has 1 amide bonds. The van der Waals surface area contributed by atoms with Gasteiger partial charge in [-0.2, -0.15) is 0 Å². The van der Waals surface area contributed by atoms with Gasteiger partial charge >= 0.3 is 0 Å². The van der Waals surface area contributed by atoms with Gasteiger partial charge in [0.2, 0.25) is 11.8 Å². The van der Waals surface area contributed by atoms with Gasteiger partial charge in [-0.15, -0.1) is 10.2 Å². The smallest absolute Gasteiger partial charge is 0.276 e. The van der Waals surface area contributed by atoms with Crippen LogP contribution in [-0.2, 0) is 0 Å². The number of anilines is 1. The van der Waals surface area contributed by atoms with Gasteiger partial charge in [0.15, 0.2) is 5.69 Å². The van der Waals surface area contributed by atoms with Crippen molar-refractivity contribution >= 4 is 11.6 Å². The molecule has 1 N–H and O–H groups in total. The highest BCUT2D eigenvalue weighted by atomic mass is 19.3. The fourth-order valence-electron chi connectivity index (χ4n) is 3.89. The number of ether oxygens (including phenoxy) is 1. The highest BCUT2D eigenvalue weighted by molar-refractivity contribution is 6.05. The first-order chi connectivity index (χ1) is 15.8. The van der Waals surface area contributed by atoms with Crippen molar-refractivity contribution in [3.8, 4) is 17.0 Å². The molecule has 0 unspecified atom stereocenters. The molecular weight excluding hydrogens is 440 g/mol. The van der Waals surface area contributed by atoms with Crippen LogP contribution in [0, 0.1) is 11.6 Å². The van der Waals surface area contributed by atoms with Gasteiger partial charge in [-0.3, -0.25) is 9.78 Å². The Kier molecular flexibility index (Phi) is 6.26. The number of nitrogens with zero attached hydrogens (tertiary/aromatic N) is 3. The summed E-state index contributed by atoms with van der Waals surface area (Å²) in [6.45, 7) is 0. The number of carbonyl (C=O) groups excluding carboxylic acids is 1. The van der Waals surface area contributed by atoms with E-state index >= 15 is 0 Å². The Bertz CT molecular complexity index is 1160. The summed E-state index contributed by atoms with van der Waals surface area (Å²) in [6.07, 6.45) is 1.02. The second-order valence-electron chi connectivity index (χ2n) is 7.79. The van der Waals surface area contributed by atoms with E-state index in [2.05, 4.69) is 20.5 Å². The van der Waals surface area contributed by atoms with Crippen LogP contribution in [0.25, 0.3) is 11.1 Å². The molecule has 3 aromatic rings. The second kappa shape index (κ2) is 9.13. The zero-order chi connectivity index (χ0) is 23.6. The Hall–Kier alpha value is -3.56. The number of halogens is 4. The molecule has 6 nitrogen and oxygen atoms in total. The maximum Gasteiger partial charge on any atom is 0.276 e. The zero-order valence-electron chi connectivity index (χ0n) is 17.6. The molecule has 0 bridgehead atoms. The molecule has 0 atom stereocenters. The molecule has 1 aliphatic carbocycles. The van der Waals surface area contributed by atoms with Gasteiger partial charge in [0.1, 0.15) is 11.6 Å². The molecule has 0 radical (unpaired) electrons. The van der Waals surface area contributed by atoms with Crippen LogP contribution in [0.4, 0.5) is 23.2 Å². The van der Waals surface area contributed by atoms with Gasteiger partial charge in [-0.25, -0.2) is 17.6 Å². The quantitative estimate of drug-likeness (QED) is 0.518. The summed E-state index contributed by atoms with van der Waals surface area (Å²) >= 11 is 0. The van der Waals surface area contributed by atoms with Crippen molar-refractivity contribution in [2.24, 2.45) is 0 Å². The van der Waals surface area contributed by atoms with E-state index in [1.165, 1.54) is 31.5 Å². The van der Waals surface area contributed by atoms with Crippen LogP contribution >= 0.6 is 0 Å². The first kappa shape index (κ1) is 22.6. The number of alkyl halides is 2. The molecule has 2 heterocycles. The van der Waals surface area contributed by atoms with Crippen LogP contribution in [0.3, 0.4) is 0 Å². The van der Waals surface area contributed by atoms with Crippen LogP contribution in [0.1, 0.15) is 47.8 Å². The van der Waals surface area contributed by atoms with E-state index in [9.17, 15) is 22.4 Å². The summed E-state index contributed by atoms with van der Waals surface area (Å²) in [4.78, 5) is 17.2. The lowest BCUT2D eigenvalue weighted by molar-refractivity contribution is -0.0384. The van der Waals surface area contributed by atoms with Crippen molar-refractivity contribution in [1.29, 1.82) is 0 Å². The summed E-state index contributed by atoms with van der Waals surface area (Å²) in [6, 6.07) is 7.24. The molecular formula is C23H20F4N4O2. The number of aromatic nitrogens is 3. The predicted octanol–water partition coefficient (Wildman–Crippen LogP) is 5.37. The average molecular weight is 460 g/mol. The molecule has 1 fully saturated rings. The van der Waals surface area contributed by atoms with Crippen LogP contribution in [0.15, 0.2) is 42.6 Å². The zero-order valence-corrected chi connectivity index (χ0v) is 17.6. The third-order valence-corrected chi connectivity index (χ3v) is 5.62. The number of methoxy groups -OCH3 is 1. The Morgan fingerprint density at radius 1 is 1.06 bits per heavy atom. The van der Waals surface area contributed by atoms with Crippen molar-refractivity contribution < 1.29 is 27.1 Å². The fraction of sp³-hybridized carbons (Fsp3) is 0.304. The van der Waals surface area contributed by atoms with E-state index in [4.69, 9.17) is 4.74 Å². The molecule has 2 aromatic heterocycles. The number of amides is 1. The number of benzene rings is 1. The Labute approximate surface area is 187 Å². The molecule has 172 valence electrons. The number of hydrogen-bond acceptors (Lipinski definition) is 5. The highest BCUT2D eigenvalue weighted by Gasteiger charge is 2.37. The molecule has 33 heavy (non-hydrogen) atoms. The minimum atomic E-state index is -2.76. The van der Waals surface area contributed by atoms with Gasteiger partial charge in [-0.1, -0.05) is 0 Å². The van der Waals surface area contributed by atoms with Crippen molar-refractivity contribution in [1.82, 2.24) is 15.2 Å². The van der Waals surface area contributed by atoms with E-state index in [0.29, 0.717) is 5.69 Å². The van der Waals surface area contributed by atoms with Gasteiger partial charge in [0.25, 0.3) is 5.91 Å². The lowest BCUT2D eigenvalue weighted by atomic mass is 9.83. The Balaban J connectivity index is 1.77. The van der Waals surface area contributed by atoms with Crippen LogP contribution in [0.2, 0.25) is 0 Å². The topological polar surface area (TPSA) is 77.0 Å². The van der Waals surface area contributed by atoms with Crippen LogP contribution < -0.4 is 10.1 Å². The van der Waals surface area contributed by atoms with Gasteiger partial charge in [0.05, 0.1) is 18.5 Å². The van der Waals surface area contributed by atoms with Gasteiger partial charge in [-0.05, 0) is 43.2 Å². The summed E-state index contributed by atoms with van der Waals surface area (Å²) < 4.78 is 60.9. The largest absolute Gasteiger partial charge is 0.480 e. The number of nitrogens with one attached hydrogen (secondary N) is 1. The minimum absolute atomic E-state index is 0.0496. The monoisotopic (exact) mass is 460 g/mol. The maximum atomic E-state index is 14.6. The molecule has 1 aliphatic rings. The van der Waals surface area contributed by atoms with Crippen LogP contribution in [-0.4, -0.2) is 34.1 Å². The average Bonchev–Trinajstić information content (AvgIpc) is 2.81. The Morgan fingerprint density at radius 2 is 1.82 bits per heavy atom. The molecule has 4 rings (SSSR count). The third kappa shape index (κ3) is 4.94. The number of hydrogen-bond donors (Lipinski definition) is 1. The van der Waals surface area contributed by atoms with E-state index in [1.54, 1.807) is 0 Å². The number of pyridine rings is 1. The molecule has 0 saturated heterocycles. The van der Waals surface area contributed by atoms with Crippen molar-refractivity contribution in [2.45, 2.75) is 37.5 Å². The van der Waals surface area contributed by atoms with Crippen LogP contribution in [0.5, 0.6) is 5.88 Å².